The minimum atomic E-state index is -4.40. The van der Waals surface area contributed by atoms with Crippen LogP contribution in [0.15, 0.2) is 41.6 Å². The molecule has 1 saturated heterocycles. The van der Waals surface area contributed by atoms with Crippen LogP contribution >= 0.6 is 0 Å². The molecule has 0 bridgehead atoms. The Bertz CT molecular complexity index is 1160. The van der Waals surface area contributed by atoms with Crippen LogP contribution in [0.1, 0.15) is 98.1 Å². The summed E-state index contributed by atoms with van der Waals surface area (Å²) in [5.74, 6) is -0.803. The van der Waals surface area contributed by atoms with Crippen molar-refractivity contribution < 1.29 is 27.9 Å². The zero-order chi connectivity index (χ0) is 27.3. The first kappa shape index (κ1) is 28.1. The minimum absolute atomic E-state index is 0.0320. The molecule has 1 saturated carbocycles. The molecule has 1 N–H and O–H groups in total. The average Bonchev–Trinajstić information content (AvgIpc) is 2.89. The van der Waals surface area contributed by atoms with Gasteiger partial charge in [-0.15, -0.1) is 0 Å². The van der Waals surface area contributed by atoms with Gasteiger partial charge in [0.15, 0.2) is 0 Å². The molecular formula is C30H37F3N2O3. The fraction of sp³-hybridized carbons (Fsp3) is 0.533. The lowest BCUT2D eigenvalue weighted by molar-refractivity contribution is -0.140. The molecule has 1 aliphatic carbocycles. The van der Waals surface area contributed by atoms with Crippen LogP contribution in [0.25, 0.3) is 0 Å². The number of carboxylic acid groups (broad SMARTS) is 1. The summed E-state index contributed by atoms with van der Waals surface area (Å²) in [7, 11) is 0. The number of hydrogen-bond donors (Lipinski definition) is 1. The van der Waals surface area contributed by atoms with E-state index in [1.165, 1.54) is 6.07 Å². The molecule has 38 heavy (non-hydrogen) atoms. The van der Waals surface area contributed by atoms with Crippen LogP contribution in [0.2, 0.25) is 0 Å². The SMILES string of the molecule is CCc1cc(/C(C)=N/OCc2ccc(C3CCCCC3)c(C(F)(F)F)c2)ccc1CN1CCC1CC(=O)O. The van der Waals surface area contributed by atoms with Gasteiger partial charge in [-0.2, -0.15) is 13.2 Å². The molecule has 0 aromatic heterocycles. The molecule has 2 aromatic rings. The van der Waals surface area contributed by atoms with Crippen molar-refractivity contribution in [2.45, 2.75) is 96.5 Å². The number of benzene rings is 2. The van der Waals surface area contributed by atoms with Crippen molar-refractivity contribution in [1.29, 1.82) is 0 Å². The van der Waals surface area contributed by atoms with E-state index >= 15 is 0 Å². The van der Waals surface area contributed by atoms with E-state index in [1.807, 2.05) is 19.1 Å². The average molecular weight is 531 g/mol. The van der Waals surface area contributed by atoms with Gasteiger partial charge in [-0.1, -0.05) is 55.6 Å². The zero-order valence-electron chi connectivity index (χ0n) is 22.2. The van der Waals surface area contributed by atoms with E-state index in [9.17, 15) is 18.0 Å². The Morgan fingerprint density at radius 2 is 1.84 bits per heavy atom. The van der Waals surface area contributed by atoms with Crippen LogP contribution in [-0.4, -0.2) is 34.3 Å². The van der Waals surface area contributed by atoms with Crippen molar-refractivity contribution >= 4 is 11.7 Å². The van der Waals surface area contributed by atoms with Crippen molar-refractivity contribution in [1.82, 2.24) is 4.90 Å². The Morgan fingerprint density at radius 3 is 2.47 bits per heavy atom. The third-order valence-electron chi connectivity index (χ3n) is 7.96. The Labute approximate surface area is 222 Å². The van der Waals surface area contributed by atoms with Crippen LogP contribution in [-0.2, 0) is 35.4 Å². The molecule has 8 heteroatoms. The molecular weight excluding hydrogens is 493 g/mol. The Morgan fingerprint density at radius 1 is 1.08 bits per heavy atom. The lowest BCUT2D eigenvalue weighted by Crippen LogP contribution is -2.48. The highest BCUT2D eigenvalue weighted by Crippen LogP contribution is 2.41. The third-order valence-corrected chi connectivity index (χ3v) is 7.96. The Balaban J connectivity index is 1.41. The number of oxime groups is 1. The van der Waals surface area contributed by atoms with E-state index in [0.29, 0.717) is 23.4 Å². The number of likely N-dealkylation sites (tertiary alicyclic amines) is 1. The van der Waals surface area contributed by atoms with Crippen molar-refractivity contribution in [2.75, 3.05) is 6.54 Å². The number of nitrogens with zero attached hydrogens (tertiary/aromatic N) is 2. The van der Waals surface area contributed by atoms with E-state index in [-0.39, 0.29) is 25.0 Å². The van der Waals surface area contributed by atoms with Gasteiger partial charge in [0.25, 0.3) is 0 Å². The Hall–Kier alpha value is -2.87. The Kier molecular flexibility index (Phi) is 9.13. The summed E-state index contributed by atoms with van der Waals surface area (Å²) in [5, 5.41) is 13.3. The van der Waals surface area contributed by atoms with Crippen LogP contribution in [0.4, 0.5) is 13.2 Å². The van der Waals surface area contributed by atoms with E-state index in [2.05, 4.69) is 23.0 Å². The smallest absolute Gasteiger partial charge is 0.416 e. The molecule has 0 radical (unpaired) electrons. The first-order chi connectivity index (χ1) is 18.2. The van der Waals surface area contributed by atoms with E-state index in [0.717, 1.165) is 68.2 Å². The monoisotopic (exact) mass is 530 g/mol. The number of alkyl halides is 3. The number of halogens is 3. The maximum Gasteiger partial charge on any atom is 0.416 e. The summed E-state index contributed by atoms with van der Waals surface area (Å²) >= 11 is 0. The molecule has 4 rings (SSSR count). The largest absolute Gasteiger partial charge is 0.481 e. The van der Waals surface area contributed by atoms with E-state index in [4.69, 9.17) is 9.94 Å². The topological polar surface area (TPSA) is 62.1 Å². The number of carbonyl (C=O) groups is 1. The number of aliphatic carboxylic acids is 1. The fourth-order valence-electron chi connectivity index (χ4n) is 5.65. The van der Waals surface area contributed by atoms with E-state index < -0.39 is 17.7 Å². The second-order valence-corrected chi connectivity index (χ2v) is 10.6. The molecule has 5 nitrogen and oxygen atoms in total. The molecule has 2 fully saturated rings. The van der Waals surface area contributed by atoms with Gasteiger partial charge in [0, 0.05) is 19.1 Å². The van der Waals surface area contributed by atoms with Crippen LogP contribution < -0.4 is 0 Å². The normalized spacial score (nSPS) is 19.3. The van der Waals surface area contributed by atoms with Crippen molar-refractivity contribution in [2.24, 2.45) is 5.16 Å². The third kappa shape index (κ3) is 6.95. The zero-order valence-corrected chi connectivity index (χ0v) is 22.2. The van der Waals surface area contributed by atoms with Crippen LogP contribution in [0.5, 0.6) is 0 Å². The van der Waals surface area contributed by atoms with Gasteiger partial charge in [-0.25, -0.2) is 0 Å². The van der Waals surface area contributed by atoms with Gasteiger partial charge >= 0.3 is 12.1 Å². The summed E-state index contributed by atoms with van der Waals surface area (Å²) in [6, 6.07) is 10.7. The summed E-state index contributed by atoms with van der Waals surface area (Å²) in [6.45, 7) is 5.47. The van der Waals surface area contributed by atoms with Crippen LogP contribution in [0.3, 0.4) is 0 Å². The first-order valence-electron chi connectivity index (χ1n) is 13.6. The van der Waals surface area contributed by atoms with Crippen molar-refractivity contribution in [3.63, 3.8) is 0 Å². The van der Waals surface area contributed by atoms with Crippen molar-refractivity contribution in [3.05, 3.63) is 69.8 Å². The maximum absolute atomic E-state index is 13.8. The van der Waals surface area contributed by atoms with Crippen molar-refractivity contribution in [3.8, 4) is 0 Å². The molecule has 1 heterocycles. The number of aryl methyl sites for hydroxylation is 1. The van der Waals surface area contributed by atoms with Gasteiger partial charge < -0.3 is 9.94 Å². The maximum atomic E-state index is 13.8. The second-order valence-electron chi connectivity index (χ2n) is 10.6. The summed E-state index contributed by atoms with van der Waals surface area (Å²) < 4.78 is 41.5. The highest BCUT2D eigenvalue weighted by atomic mass is 19.4. The van der Waals surface area contributed by atoms with Gasteiger partial charge in [-0.3, -0.25) is 9.69 Å². The van der Waals surface area contributed by atoms with Gasteiger partial charge in [-0.05, 0) is 78.5 Å². The highest BCUT2D eigenvalue weighted by molar-refractivity contribution is 5.98. The van der Waals surface area contributed by atoms with Gasteiger partial charge in [0.05, 0.1) is 17.7 Å². The lowest BCUT2D eigenvalue weighted by Gasteiger charge is -2.40. The standard InChI is InChI=1S/C30H37F3N2O3/c1-3-22-16-24(10-11-25(22)18-35-14-13-26(35)17-29(36)37)20(2)34-38-19-21-9-12-27(23-7-5-4-6-8-23)28(15-21)30(31,32)33/h9-12,15-16,23,26H,3-8,13-14,17-19H2,1-2H3,(H,36,37)/b34-20+. The minimum Gasteiger partial charge on any atom is -0.481 e. The van der Waals surface area contributed by atoms with Gasteiger partial charge in [0.2, 0.25) is 0 Å². The number of hydrogen-bond acceptors (Lipinski definition) is 4. The summed E-state index contributed by atoms with van der Waals surface area (Å²) in [5.41, 5.74) is 4.16. The molecule has 2 aliphatic rings. The fourth-order valence-corrected chi connectivity index (χ4v) is 5.65. The molecule has 1 unspecified atom stereocenters. The molecule has 2 aromatic carbocycles. The molecule has 0 amide bonds. The number of rotatable bonds is 10. The number of carboxylic acids is 1. The molecule has 206 valence electrons. The quantitative estimate of drug-likeness (QED) is 0.259. The summed E-state index contributed by atoms with van der Waals surface area (Å²) in [6.07, 6.45) is 2.15. The highest BCUT2D eigenvalue weighted by Gasteiger charge is 2.36. The van der Waals surface area contributed by atoms with Gasteiger partial charge in [0.1, 0.15) is 6.61 Å². The van der Waals surface area contributed by atoms with Crippen LogP contribution in [0, 0.1) is 0 Å². The predicted octanol–water partition coefficient (Wildman–Crippen LogP) is 7.31. The molecule has 1 aliphatic heterocycles. The predicted molar refractivity (Wildman–Crippen MR) is 141 cm³/mol. The molecule has 1 atom stereocenters. The first-order valence-corrected chi connectivity index (χ1v) is 13.6. The lowest BCUT2D eigenvalue weighted by atomic mass is 9.81. The molecule has 0 spiro atoms. The second kappa shape index (κ2) is 12.3. The van der Waals surface area contributed by atoms with E-state index in [1.54, 1.807) is 12.1 Å². The summed E-state index contributed by atoms with van der Waals surface area (Å²) in [4.78, 5) is 18.7.